The molecule has 1 unspecified atom stereocenters. The van der Waals surface area contributed by atoms with E-state index in [1.54, 1.807) is 28.9 Å². The number of nitrogens with two attached hydrogens (primary N) is 1. The lowest BCUT2D eigenvalue weighted by atomic mass is 10.1. The van der Waals surface area contributed by atoms with Crippen LogP contribution in [0.1, 0.15) is 12.1 Å². The lowest BCUT2D eigenvalue weighted by Gasteiger charge is -2.08. The Hall–Kier alpha value is -1.93. The summed E-state index contributed by atoms with van der Waals surface area (Å²) in [7, 11) is -3.78. The van der Waals surface area contributed by atoms with Gasteiger partial charge in [0.2, 0.25) is 10.0 Å². The van der Waals surface area contributed by atoms with E-state index in [-0.39, 0.29) is 11.3 Å². The molecule has 0 spiro atoms. The lowest BCUT2D eigenvalue weighted by Crippen LogP contribution is -2.12. The van der Waals surface area contributed by atoms with Gasteiger partial charge in [-0.2, -0.15) is 5.10 Å². The Morgan fingerprint density at radius 1 is 1.11 bits per heavy atom. The molecular weight excluding hydrogens is 412 g/mol. The molecule has 2 N–H and O–H groups in total. The van der Waals surface area contributed by atoms with Gasteiger partial charge in [0.25, 0.3) is 0 Å². The van der Waals surface area contributed by atoms with Crippen LogP contribution < -0.4 is 5.14 Å². The highest BCUT2D eigenvalue weighted by molar-refractivity contribution is 7.89. The van der Waals surface area contributed by atoms with Crippen molar-refractivity contribution in [2.45, 2.75) is 23.4 Å². The van der Waals surface area contributed by atoms with Crippen LogP contribution in [-0.4, -0.2) is 23.8 Å². The molecule has 0 aliphatic carbocycles. The first-order valence-corrected chi connectivity index (χ1v) is 10.4. The molecule has 3 aromatic rings. The number of hydrogen-bond donors (Lipinski definition) is 1. The Balaban J connectivity index is 2.05. The van der Waals surface area contributed by atoms with Crippen LogP contribution in [0.5, 0.6) is 0 Å². The zero-order valence-corrected chi connectivity index (χ0v) is 16.3. The Bertz CT molecular complexity index is 1030. The number of nitrogens with zero attached hydrogens (tertiary/aromatic N) is 2. The van der Waals surface area contributed by atoms with Crippen molar-refractivity contribution in [3.63, 3.8) is 0 Å². The predicted octanol–water partition coefficient (Wildman–Crippen LogP) is 4.31. The molecule has 5 nitrogen and oxygen atoms in total. The van der Waals surface area contributed by atoms with Crippen molar-refractivity contribution in [1.82, 2.24) is 9.78 Å². The summed E-state index contributed by atoms with van der Waals surface area (Å²) in [5.74, 6) is 0. The normalized spacial score (nSPS) is 12.9. The van der Waals surface area contributed by atoms with Crippen LogP contribution in [0.25, 0.3) is 16.9 Å². The summed E-state index contributed by atoms with van der Waals surface area (Å²) in [4.78, 5) is 0.00841. The summed E-state index contributed by atoms with van der Waals surface area (Å²) >= 11 is 11.4. The number of aryl methyl sites for hydroxylation is 1. The average Bonchev–Trinajstić information content (AvgIpc) is 3.04. The molecule has 9 heteroatoms. The van der Waals surface area contributed by atoms with Gasteiger partial charge in [0, 0.05) is 10.6 Å². The topological polar surface area (TPSA) is 78.0 Å². The van der Waals surface area contributed by atoms with E-state index < -0.39 is 15.7 Å². The maximum absolute atomic E-state index is 13.0. The molecule has 0 fully saturated rings. The van der Waals surface area contributed by atoms with Gasteiger partial charge in [0.1, 0.15) is 0 Å². The zero-order valence-electron chi connectivity index (χ0n) is 14.0. The fourth-order valence-electron chi connectivity index (χ4n) is 2.61. The molecule has 1 heterocycles. The van der Waals surface area contributed by atoms with Crippen LogP contribution in [0, 0.1) is 0 Å². The zero-order chi connectivity index (χ0) is 19.6. The van der Waals surface area contributed by atoms with Gasteiger partial charge >= 0.3 is 0 Å². The highest BCUT2D eigenvalue weighted by Gasteiger charge is 2.14. The first-order valence-electron chi connectivity index (χ1n) is 8.00. The van der Waals surface area contributed by atoms with E-state index in [0.717, 1.165) is 11.3 Å². The van der Waals surface area contributed by atoms with E-state index in [9.17, 15) is 12.8 Å². The van der Waals surface area contributed by atoms with Crippen LogP contribution in [0.3, 0.4) is 0 Å². The van der Waals surface area contributed by atoms with Crippen LogP contribution in [0.2, 0.25) is 5.02 Å². The fraction of sp³-hybridized carbons (Fsp3) is 0.167. The number of primary sulfonamides is 1. The molecule has 0 aliphatic heterocycles. The number of sulfonamides is 1. The molecule has 0 aliphatic rings. The van der Waals surface area contributed by atoms with Gasteiger partial charge in [-0.25, -0.2) is 22.6 Å². The van der Waals surface area contributed by atoms with Gasteiger partial charge in [0.05, 0.1) is 22.0 Å². The SMILES string of the molecule is NS(=O)(=O)c1ccc(-n2nc(CCC(F)Cl)cc2-c2ccc(Cl)cc2)cc1. The number of hydrogen-bond acceptors (Lipinski definition) is 3. The van der Waals surface area contributed by atoms with E-state index in [2.05, 4.69) is 5.10 Å². The highest BCUT2D eigenvalue weighted by atomic mass is 35.5. The van der Waals surface area contributed by atoms with E-state index in [1.165, 1.54) is 12.1 Å². The Labute approximate surface area is 166 Å². The number of aromatic nitrogens is 2. The van der Waals surface area contributed by atoms with Crippen LogP contribution >= 0.6 is 23.2 Å². The van der Waals surface area contributed by atoms with Gasteiger partial charge in [-0.3, -0.25) is 0 Å². The van der Waals surface area contributed by atoms with Crippen molar-refractivity contribution >= 4 is 33.2 Å². The third kappa shape index (κ3) is 4.87. The molecular formula is C18H16Cl2FN3O2S. The van der Waals surface area contributed by atoms with Crippen LogP contribution in [0.4, 0.5) is 4.39 Å². The highest BCUT2D eigenvalue weighted by Crippen LogP contribution is 2.27. The summed E-state index contributed by atoms with van der Waals surface area (Å²) in [5.41, 5.74) is 1.48. The molecule has 142 valence electrons. The molecule has 27 heavy (non-hydrogen) atoms. The van der Waals surface area contributed by atoms with Crippen LogP contribution in [0.15, 0.2) is 59.5 Å². The molecule has 2 aromatic carbocycles. The van der Waals surface area contributed by atoms with Crippen molar-refractivity contribution in [2.24, 2.45) is 5.14 Å². The van der Waals surface area contributed by atoms with Crippen molar-refractivity contribution in [1.29, 1.82) is 0 Å². The molecule has 0 amide bonds. The van der Waals surface area contributed by atoms with E-state index in [1.807, 2.05) is 18.2 Å². The minimum atomic E-state index is -3.78. The largest absolute Gasteiger partial charge is 0.238 e. The Morgan fingerprint density at radius 3 is 2.30 bits per heavy atom. The molecule has 1 atom stereocenters. The summed E-state index contributed by atoms with van der Waals surface area (Å²) in [5, 5.41) is 10.3. The smallest absolute Gasteiger partial charge is 0.233 e. The second kappa shape index (κ2) is 7.98. The average molecular weight is 428 g/mol. The minimum Gasteiger partial charge on any atom is -0.233 e. The van der Waals surface area contributed by atoms with Gasteiger partial charge in [-0.05, 0) is 55.3 Å². The van der Waals surface area contributed by atoms with Gasteiger partial charge in [0.15, 0.2) is 5.63 Å². The Kier molecular flexibility index (Phi) is 5.86. The first-order chi connectivity index (χ1) is 12.7. The Morgan fingerprint density at radius 2 is 1.74 bits per heavy atom. The van der Waals surface area contributed by atoms with E-state index >= 15 is 0 Å². The molecule has 1 aromatic heterocycles. The monoisotopic (exact) mass is 427 g/mol. The van der Waals surface area contributed by atoms with Crippen molar-refractivity contribution in [3.8, 4) is 16.9 Å². The molecule has 0 saturated heterocycles. The number of rotatable bonds is 6. The maximum Gasteiger partial charge on any atom is 0.238 e. The van der Waals surface area contributed by atoms with Crippen LogP contribution in [-0.2, 0) is 16.4 Å². The summed E-state index contributed by atoms with van der Waals surface area (Å²) in [6.07, 6.45) is 0.510. The lowest BCUT2D eigenvalue weighted by molar-refractivity contribution is 0.419. The van der Waals surface area contributed by atoms with Crippen molar-refractivity contribution in [2.75, 3.05) is 0 Å². The molecule has 0 bridgehead atoms. The third-order valence-electron chi connectivity index (χ3n) is 3.93. The van der Waals surface area contributed by atoms with Gasteiger partial charge < -0.3 is 0 Å². The van der Waals surface area contributed by atoms with Gasteiger partial charge in [-0.15, -0.1) is 0 Å². The summed E-state index contributed by atoms with van der Waals surface area (Å²) in [6, 6.07) is 15.1. The summed E-state index contributed by atoms with van der Waals surface area (Å²) in [6.45, 7) is 0. The second-order valence-corrected chi connectivity index (χ2v) is 8.38. The standard InChI is InChI=1S/C18H16Cl2FN3O2S/c19-13-3-1-12(2-4-13)17-11-14(5-10-18(20)21)23-24(17)15-6-8-16(9-7-15)27(22,25)26/h1-4,6-9,11,18H,5,10H2,(H2,22,25,26). The second-order valence-electron chi connectivity index (χ2n) is 5.91. The number of benzene rings is 2. The third-order valence-corrected chi connectivity index (χ3v) is 5.33. The van der Waals surface area contributed by atoms with E-state index in [4.69, 9.17) is 28.3 Å². The minimum absolute atomic E-state index is 0.00841. The number of halogens is 3. The summed E-state index contributed by atoms with van der Waals surface area (Å²) < 4.78 is 37.5. The fourth-order valence-corrected chi connectivity index (χ4v) is 3.36. The maximum atomic E-state index is 13.0. The molecule has 0 radical (unpaired) electrons. The molecule has 0 saturated carbocycles. The predicted molar refractivity (Wildman–Crippen MR) is 104 cm³/mol. The molecule has 3 rings (SSSR count). The van der Waals surface area contributed by atoms with Gasteiger partial charge in [-0.1, -0.05) is 35.3 Å². The number of alkyl halides is 2. The quantitative estimate of drug-likeness (QED) is 0.595. The van der Waals surface area contributed by atoms with E-state index in [0.29, 0.717) is 22.8 Å². The first kappa shape index (κ1) is 19.8. The van der Waals surface area contributed by atoms with Crippen molar-refractivity contribution < 1.29 is 12.8 Å². The van der Waals surface area contributed by atoms with Crippen molar-refractivity contribution in [3.05, 3.63) is 65.3 Å².